The first kappa shape index (κ1) is 32.6. The summed E-state index contributed by atoms with van der Waals surface area (Å²) in [5.41, 5.74) is 5.50. The van der Waals surface area contributed by atoms with E-state index in [1.807, 2.05) is 78.6 Å². The van der Waals surface area contributed by atoms with Gasteiger partial charge >= 0.3 is 6.03 Å². The summed E-state index contributed by atoms with van der Waals surface area (Å²) in [6.45, 7) is 9.79. The normalized spacial score (nSPS) is 13.7. The van der Waals surface area contributed by atoms with Gasteiger partial charge in [-0.25, -0.2) is 9.48 Å². The van der Waals surface area contributed by atoms with E-state index in [9.17, 15) is 9.59 Å². The Morgan fingerprint density at radius 1 is 0.891 bits per heavy atom. The molecule has 1 fully saturated rings. The number of para-hydroxylation sites is 1. The number of urea groups is 1. The van der Waals surface area contributed by atoms with Crippen molar-refractivity contribution in [2.75, 3.05) is 37.9 Å². The number of anilines is 2. The maximum Gasteiger partial charge on any atom is 0.324 e. The third-order valence-electron chi connectivity index (χ3n) is 8.54. The van der Waals surface area contributed by atoms with Crippen molar-refractivity contribution in [3.63, 3.8) is 0 Å². The monoisotopic (exact) mass is 623 g/mol. The van der Waals surface area contributed by atoms with E-state index in [0.29, 0.717) is 42.7 Å². The fraction of sp³-hybridized carbons (Fsp3) is 0.378. The fourth-order valence-electron chi connectivity index (χ4n) is 5.78. The Morgan fingerprint density at radius 2 is 1.59 bits per heavy atom. The van der Waals surface area contributed by atoms with E-state index in [4.69, 9.17) is 14.6 Å². The lowest BCUT2D eigenvalue weighted by atomic mass is 9.89. The lowest BCUT2D eigenvalue weighted by Gasteiger charge is -2.32. The van der Waals surface area contributed by atoms with Gasteiger partial charge in [-0.15, -0.1) is 0 Å². The predicted octanol–water partition coefficient (Wildman–Crippen LogP) is 7.16. The molecule has 3 amide bonds. The number of amides is 3. The van der Waals surface area contributed by atoms with Crippen LogP contribution in [-0.4, -0.2) is 53.9 Å². The van der Waals surface area contributed by atoms with Crippen LogP contribution in [0.1, 0.15) is 56.0 Å². The number of hydrogen-bond acceptors (Lipinski definition) is 5. The molecular formula is C37H45N5O4. The lowest BCUT2D eigenvalue weighted by molar-refractivity contribution is -0.131. The van der Waals surface area contributed by atoms with Crippen LogP contribution in [0, 0.1) is 12.8 Å². The molecule has 0 spiro atoms. The molecule has 0 aliphatic carbocycles. The summed E-state index contributed by atoms with van der Waals surface area (Å²) in [5, 5.41) is 10.9. The molecule has 5 rings (SSSR count). The van der Waals surface area contributed by atoms with Crippen molar-refractivity contribution >= 4 is 23.4 Å². The summed E-state index contributed by atoms with van der Waals surface area (Å²) in [5.74, 6) is 2.40. The molecule has 3 aromatic carbocycles. The standard InChI is InChI=1S/C37H45N5O4/c1-25-11-14-29(15-12-25)42-34(24-33(40-42)37(2,3)4)39-36(44)38-30-10-8-7-9-28(30)21-26-17-19-41(20-18-26)35(43)23-27-13-16-31(45-5)32(22-27)46-6/h7-16,22,24,26H,17-21,23H2,1-6H3,(H2,38,39,44). The highest BCUT2D eigenvalue weighted by Gasteiger charge is 2.25. The van der Waals surface area contributed by atoms with Gasteiger partial charge < -0.3 is 19.7 Å². The van der Waals surface area contributed by atoms with Crippen LogP contribution in [0.5, 0.6) is 11.5 Å². The van der Waals surface area contributed by atoms with Crippen molar-refractivity contribution in [2.45, 2.75) is 58.8 Å². The van der Waals surface area contributed by atoms with Crippen molar-refractivity contribution in [1.82, 2.24) is 14.7 Å². The average Bonchev–Trinajstić information content (AvgIpc) is 3.47. The van der Waals surface area contributed by atoms with Crippen molar-refractivity contribution in [3.8, 4) is 17.2 Å². The van der Waals surface area contributed by atoms with Gasteiger partial charge in [-0.3, -0.25) is 10.1 Å². The number of ether oxygens (including phenoxy) is 2. The highest BCUT2D eigenvalue weighted by atomic mass is 16.5. The SMILES string of the molecule is COc1ccc(CC(=O)N2CCC(Cc3ccccc3NC(=O)Nc3cc(C(C)(C)C)nn3-c3ccc(C)cc3)CC2)cc1OC. The van der Waals surface area contributed by atoms with E-state index < -0.39 is 0 Å². The summed E-state index contributed by atoms with van der Waals surface area (Å²) in [6, 6.07) is 23.2. The van der Waals surface area contributed by atoms with E-state index in [0.717, 1.165) is 53.0 Å². The number of carbonyl (C=O) groups is 2. The molecule has 0 bridgehead atoms. The molecule has 0 atom stereocenters. The minimum atomic E-state index is -0.322. The number of aryl methyl sites for hydroxylation is 1. The Balaban J connectivity index is 1.20. The van der Waals surface area contributed by atoms with Crippen molar-refractivity contribution in [3.05, 3.63) is 95.2 Å². The minimum absolute atomic E-state index is 0.115. The Bertz CT molecular complexity index is 1660. The van der Waals surface area contributed by atoms with E-state index >= 15 is 0 Å². The maximum absolute atomic E-state index is 13.3. The van der Waals surface area contributed by atoms with Crippen molar-refractivity contribution in [1.29, 1.82) is 0 Å². The summed E-state index contributed by atoms with van der Waals surface area (Å²) in [7, 11) is 3.20. The summed E-state index contributed by atoms with van der Waals surface area (Å²) < 4.78 is 12.5. The van der Waals surface area contributed by atoms with Crippen molar-refractivity contribution in [2.24, 2.45) is 5.92 Å². The zero-order valence-corrected chi connectivity index (χ0v) is 27.7. The molecule has 0 unspecified atom stereocenters. The van der Waals surface area contributed by atoms with Crippen LogP contribution in [0.4, 0.5) is 16.3 Å². The molecular weight excluding hydrogens is 578 g/mol. The number of likely N-dealkylation sites (tertiary alicyclic amines) is 1. The number of hydrogen-bond donors (Lipinski definition) is 2. The van der Waals surface area contributed by atoms with Crippen LogP contribution in [0.15, 0.2) is 72.8 Å². The van der Waals surface area contributed by atoms with Crippen LogP contribution in [0.25, 0.3) is 5.69 Å². The number of nitrogens with zero attached hydrogens (tertiary/aromatic N) is 3. The van der Waals surface area contributed by atoms with Gasteiger partial charge in [0.1, 0.15) is 5.82 Å². The minimum Gasteiger partial charge on any atom is -0.493 e. The Labute approximate surface area is 271 Å². The number of piperidine rings is 1. The van der Waals surface area contributed by atoms with Gasteiger partial charge in [-0.1, -0.05) is 62.7 Å². The molecule has 1 saturated heterocycles. The predicted molar refractivity (Wildman–Crippen MR) is 182 cm³/mol. The number of methoxy groups -OCH3 is 2. The quantitative estimate of drug-likeness (QED) is 0.206. The maximum atomic E-state index is 13.3. The molecule has 242 valence electrons. The van der Waals surface area contributed by atoms with Gasteiger partial charge in [0.2, 0.25) is 5.91 Å². The molecule has 9 heteroatoms. The summed E-state index contributed by atoms with van der Waals surface area (Å²) >= 11 is 0. The van der Waals surface area contributed by atoms with Crippen LogP contribution < -0.4 is 20.1 Å². The van der Waals surface area contributed by atoms with Gasteiger partial charge in [0.15, 0.2) is 11.5 Å². The Hall–Kier alpha value is -4.79. The third kappa shape index (κ3) is 7.88. The van der Waals surface area contributed by atoms with Gasteiger partial charge in [-0.05, 0) is 73.6 Å². The van der Waals surface area contributed by atoms with E-state index in [-0.39, 0.29) is 17.4 Å². The van der Waals surface area contributed by atoms with Gasteiger partial charge in [0.05, 0.1) is 32.0 Å². The number of benzene rings is 3. The zero-order valence-electron chi connectivity index (χ0n) is 27.7. The van der Waals surface area contributed by atoms with Crippen LogP contribution in [0.2, 0.25) is 0 Å². The number of carbonyl (C=O) groups excluding carboxylic acids is 2. The largest absolute Gasteiger partial charge is 0.493 e. The first-order valence-electron chi connectivity index (χ1n) is 15.9. The second kappa shape index (κ2) is 14.1. The molecule has 0 saturated carbocycles. The fourth-order valence-corrected chi connectivity index (χ4v) is 5.78. The molecule has 0 radical (unpaired) electrons. The summed E-state index contributed by atoms with van der Waals surface area (Å²) in [6.07, 6.45) is 2.96. The van der Waals surface area contributed by atoms with Crippen molar-refractivity contribution < 1.29 is 19.1 Å². The topological polar surface area (TPSA) is 97.7 Å². The second-order valence-electron chi connectivity index (χ2n) is 13.0. The third-order valence-corrected chi connectivity index (χ3v) is 8.54. The van der Waals surface area contributed by atoms with Crippen LogP contribution in [0.3, 0.4) is 0 Å². The molecule has 4 aromatic rings. The number of nitrogens with one attached hydrogen (secondary N) is 2. The highest BCUT2D eigenvalue weighted by Crippen LogP contribution is 2.30. The van der Waals surface area contributed by atoms with Gasteiger partial charge in [-0.2, -0.15) is 5.10 Å². The average molecular weight is 624 g/mol. The van der Waals surface area contributed by atoms with Gasteiger partial charge in [0, 0.05) is 30.3 Å². The van der Waals surface area contributed by atoms with Gasteiger partial charge in [0.25, 0.3) is 0 Å². The molecule has 1 aliphatic rings. The molecule has 1 aliphatic heterocycles. The Morgan fingerprint density at radius 3 is 2.26 bits per heavy atom. The van der Waals surface area contributed by atoms with E-state index in [1.165, 1.54) is 0 Å². The lowest BCUT2D eigenvalue weighted by Crippen LogP contribution is -2.39. The number of rotatable bonds is 9. The molecule has 46 heavy (non-hydrogen) atoms. The summed E-state index contributed by atoms with van der Waals surface area (Å²) in [4.78, 5) is 28.4. The molecule has 1 aromatic heterocycles. The number of aromatic nitrogens is 2. The smallest absolute Gasteiger partial charge is 0.324 e. The zero-order chi connectivity index (χ0) is 32.8. The van der Waals surface area contributed by atoms with E-state index in [2.05, 4.69) is 37.5 Å². The van der Waals surface area contributed by atoms with Crippen LogP contribution in [-0.2, 0) is 23.1 Å². The Kier molecular flexibility index (Phi) is 9.99. The first-order valence-corrected chi connectivity index (χ1v) is 15.9. The first-order chi connectivity index (χ1) is 22.0. The molecule has 9 nitrogen and oxygen atoms in total. The van der Waals surface area contributed by atoms with E-state index in [1.54, 1.807) is 18.9 Å². The molecule has 2 heterocycles. The molecule has 2 N–H and O–H groups in total. The second-order valence-corrected chi connectivity index (χ2v) is 13.0. The van der Waals surface area contributed by atoms with Crippen LogP contribution >= 0.6 is 0 Å². The highest BCUT2D eigenvalue weighted by molar-refractivity contribution is 6.00.